The average Bonchev–Trinajstić information content (AvgIpc) is 3.36. The number of anilines is 1. The third kappa shape index (κ3) is 6.42. The highest BCUT2D eigenvalue weighted by molar-refractivity contribution is 7.92. The lowest BCUT2D eigenvalue weighted by Crippen LogP contribution is -2.41. The lowest BCUT2D eigenvalue weighted by Gasteiger charge is -2.26. The number of hydrogen-bond acceptors (Lipinski definition) is 4. The summed E-state index contributed by atoms with van der Waals surface area (Å²) in [5.41, 5.74) is 3.27. The molecule has 4 rings (SSSR count). The Kier molecular flexibility index (Phi) is 8.11. The van der Waals surface area contributed by atoms with Crippen LogP contribution in [-0.4, -0.2) is 38.9 Å². The molecular formula is C27H30ClN3O3S. The van der Waals surface area contributed by atoms with Gasteiger partial charge in [0.05, 0.1) is 10.6 Å². The second-order valence-electron chi connectivity index (χ2n) is 8.84. The Morgan fingerprint density at radius 3 is 2.43 bits per heavy atom. The molecule has 1 amide bonds. The fourth-order valence-electron chi connectivity index (χ4n) is 4.29. The number of nitrogens with one attached hydrogen (secondary N) is 1. The molecule has 0 spiro atoms. The summed E-state index contributed by atoms with van der Waals surface area (Å²) in [6.07, 6.45) is 2.48. The van der Waals surface area contributed by atoms with E-state index in [9.17, 15) is 13.2 Å². The Morgan fingerprint density at radius 1 is 0.971 bits per heavy atom. The number of sulfonamides is 1. The Hall–Kier alpha value is -2.87. The van der Waals surface area contributed by atoms with Crippen LogP contribution in [0.3, 0.4) is 0 Å². The lowest BCUT2D eigenvalue weighted by atomic mass is 10.1. The van der Waals surface area contributed by atoms with E-state index in [1.54, 1.807) is 43.3 Å². The zero-order chi connectivity index (χ0) is 24.8. The number of nitrogens with zero attached hydrogens (tertiary/aromatic N) is 2. The topological polar surface area (TPSA) is 69.7 Å². The number of hydrogen-bond donors (Lipinski definition) is 1. The van der Waals surface area contributed by atoms with E-state index in [0.29, 0.717) is 22.8 Å². The molecule has 0 aliphatic carbocycles. The van der Waals surface area contributed by atoms with Crippen molar-refractivity contribution in [2.24, 2.45) is 0 Å². The van der Waals surface area contributed by atoms with Crippen LogP contribution in [0.25, 0.3) is 0 Å². The fourth-order valence-corrected chi connectivity index (χ4v) is 5.96. The average molecular weight is 512 g/mol. The molecule has 0 aromatic heterocycles. The molecule has 1 heterocycles. The van der Waals surface area contributed by atoms with Crippen LogP contribution in [0.1, 0.15) is 29.5 Å². The lowest BCUT2D eigenvalue weighted by molar-refractivity contribution is -0.119. The van der Waals surface area contributed by atoms with Crippen molar-refractivity contribution in [3.8, 4) is 0 Å². The summed E-state index contributed by atoms with van der Waals surface area (Å²) in [5, 5.41) is 3.28. The normalized spacial score (nSPS) is 14.1. The number of carbonyl (C=O) groups excluding carboxylic acids is 1. The first-order chi connectivity index (χ1) is 16.8. The molecule has 6 nitrogen and oxygen atoms in total. The number of likely N-dealkylation sites (tertiary alicyclic amines) is 1. The molecule has 1 saturated heterocycles. The van der Waals surface area contributed by atoms with Crippen molar-refractivity contribution in [3.63, 3.8) is 0 Å². The van der Waals surface area contributed by atoms with Gasteiger partial charge in [0.15, 0.2) is 0 Å². The zero-order valence-corrected chi connectivity index (χ0v) is 21.4. The Balaban J connectivity index is 1.50. The zero-order valence-electron chi connectivity index (χ0n) is 19.8. The molecular weight excluding hydrogens is 482 g/mol. The molecule has 3 aromatic carbocycles. The highest BCUT2D eigenvalue weighted by atomic mass is 35.5. The maximum absolute atomic E-state index is 13.5. The molecule has 1 aliphatic heterocycles. The van der Waals surface area contributed by atoms with Crippen molar-refractivity contribution in [1.29, 1.82) is 0 Å². The van der Waals surface area contributed by atoms with Gasteiger partial charge in [0, 0.05) is 18.1 Å². The van der Waals surface area contributed by atoms with E-state index < -0.39 is 15.9 Å². The van der Waals surface area contributed by atoms with Gasteiger partial charge in [0.1, 0.15) is 6.54 Å². The fraction of sp³-hybridized carbons (Fsp3) is 0.296. The van der Waals surface area contributed by atoms with Gasteiger partial charge in [0.2, 0.25) is 5.91 Å². The first-order valence-corrected chi connectivity index (χ1v) is 13.6. The van der Waals surface area contributed by atoms with E-state index in [4.69, 9.17) is 11.6 Å². The van der Waals surface area contributed by atoms with Crippen LogP contribution in [-0.2, 0) is 27.9 Å². The molecule has 1 aliphatic rings. The van der Waals surface area contributed by atoms with Crippen LogP contribution in [0.5, 0.6) is 0 Å². The molecule has 0 unspecified atom stereocenters. The predicted octanol–water partition coefficient (Wildman–Crippen LogP) is 4.76. The van der Waals surface area contributed by atoms with Crippen LogP contribution < -0.4 is 9.62 Å². The second kappa shape index (κ2) is 11.2. The predicted molar refractivity (Wildman–Crippen MR) is 140 cm³/mol. The number of aryl methyl sites for hydroxylation is 1. The number of benzene rings is 3. The van der Waals surface area contributed by atoms with Gasteiger partial charge in [0.25, 0.3) is 10.0 Å². The van der Waals surface area contributed by atoms with Crippen LogP contribution in [0.15, 0.2) is 77.7 Å². The van der Waals surface area contributed by atoms with Gasteiger partial charge in [-0.05, 0) is 73.8 Å². The van der Waals surface area contributed by atoms with Crippen molar-refractivity contribution < 1.29 is 13.2 Å². The monoisotopic (exact) mass is 511 g/mol. The molecule has 0 atom stereocenters. The van der Waals surface area contributed by atoms with E-state index in [1.165, 1.54) is 30.5 Å². The van der Waals surface area contributed by atoms with E-state index in [2.05, 4.69) is 22.3 Å². The van der Waals surface area contributed by atoms with Crippen molar-refractivity contribution in [3.05, 3.63) is 94.5 Å². The maximum atomic E-state index is 13.5. The van der Waals surface area contributed by atoms with Crippen LogP contribution in [0.4, 0.5) is 5.69 Å². The summed E-state index contributed by atoms with van der Waals surface area (Å²) in [7, 11) is -3.98. The third-order valence-corrected chi connectivity index (χ3v) is 8.15. The summed E-state index contributed by atoms with van der Waals surface area (Å²) in [5.74, 6) is -0.395. The number of carbonyl (C=O) groups is 1. The van der Waals surface area contributed by atoms with Crippen molar-refractivity contribution in [2.75, 3.05) is 23.9 Å². The molecule has 0 bridgehead atoms. The number of rotatable bonds is 9. The van der Waals surface area contributed by atoms with E-state index in [1.807, 2.05) is 12.1 Å². The number of halogens is 1. The van der Waals surface area contributed by atoms with E-state index >= 15 is 0 Å². The summed E-state index contributed by atoms with van der Waals surface area (Å²) in [4.78, 5) is 15.5. The SMILES string of the molecule is Cc1ccc(Cl)cc1N(CC(=O)NCc1cccc(CN2CCCC2)c1)S(=O)(=O)c1ccccc1. The highest BCUT2D eigenvalue weighted by Crippen LogP contribution is 2.29. The molecule has 0 radical (unpaired) electrons. The van der Waals surface area contributed by atoms with Gasteiger partial charge in [-0.1, -0.05) is 60.1 Å². The summed E-state index contributed by atoms with van der Waals surface area (Å²) < 4.78 is 28.2. The number of amides is 1. The molecule has 0 saturated carbocycles. The van der Waals surface area contributed by atoms with Crippen molar-refractivity contribution in [1.82, 2.24) is 10.2 Å². The second-order valence-corrected chi connectivity index (χ2v) is 11.1. The van der Waals surface area contributed by atoms with Gasteiger partial charge in [-0.15, -0.1) is 0 Å². The van der Waals surface area contributed by atoms with Gasteiger partial charge in [-0.2, -0.15) is 0 Å². The standard InChI is InChI=1S/C27H30ClN3O3S/c1-21-12-13-24(28)17-26(21)31(35(33,34)25-10-3-2-4-11-25)20-27(32)29-18-22-8-7-9-23(16-22)19-30-14-5-6-15-30/h2-4,7-13,16-17H,5-6,14-15,18-20H2,1H3,(H,29,32). The third-order valence-electron chi connectivity index (χ3n) is 6.14. The molecule has 35 heavy (non-hydrogen) atoms. The van der Waals surface area contributed by atoms with Crippen LogP contribution in [0.2, 0.25) is 5.02 Å². The van der Waals surface area contributed by atoms with Crippen LogP contribution >= 0.6 is 11.6 Å². The van der Waals surface area contributed by atoms with Gasteiger partial charge in [-0.3, -0.25) is 14.0 Å². The van der Waals surface area contributed by atoms with E-state index in [-0.39, 0.29) is 11.4 Å². The van der Waals surface area contributed by atoms with Gasteiger partial charge in [-0.25, -0.2) is 8.42 Å². The highest BCUT2D eigenvalue weighted by Gasteiger charge is 2.28. The first kappa shape index (κ1) is 25.2. The van der Waals surface area contributed by atoms with Gasteiger partial charge >= 0.3 is 0 Å². The van der Waals surface area contributed by atoms with E-state index in [0.717, 1.165) is 29.5 Å². The largest absolute Gasteiger partial charge is 0.350 e. The Labute approximate surface area is 212 Å². The van der Waals surface area contributed by atoms with Crippen LogP contribution in [0, 0.1) is 6.92 Å². The molecule has 184 valence electrons. The van der Waals surface area contributed by atoms with Crippen molar-refractivity contribution in [2.45, 2.75) is 37.8 Å². The molecule has 1 N–H and O–H groups in total. The quantitative estimate of drug-likeness (QED) is 0.450. The maximum Gasteiger partial charge on any atom is 0.264 e. The smallest absolute Gasteiger partial charge is 0.264 e. The first-order valence-electron chi connectivity index (χ1n) is 11.7. The Bertz CT molecular complexity index is 1280. The molecule has 8 heteroatoms. The summed E-state index contributed by atoms with van der Waals surface area (Å²) in [6.45, 7) is 4.90. The minimum absolute atomic E-state index is 0.113. The Morgan fingerprint density at radius 2 is 1.69 bits per heavy atom. The summed E-state index contributed by atoms with van der Waals surface area (Å²) >= 11 is 6.18. The summed E-state index contributed by atoms with van der Waals surface area (Å²) in [6, 6.07) is 21.3. The minimum Gasteiger partial charge on any atom is -0.350 e. The van der Waals surface area contributed by atoms with Crippen molar-refractivity contribution >= 4 is 33.2 Å². The molecule has 3 aromatic rings. The van der Waals surface area contributed by atoms with Gasteiger partial charge < -0.3 is 5.32 Å². The molecule has 1 fully saturated rings. The minimum atomic E-state index is -3.98.